The van der Waals surface area contributed by atoms with Gasteiger partial charge in [0, 0.05) is 26.7 Å². The van der Waals surface area contributed by atoms with E-state index in [9.17, 15) is 18.0 Å². The molecule has 3 rings (SSSR count). The van der Waals surface area contributed by atoms with E-state index in [1.54, 1.807) is 7.05 Å². The average molecular weight is 285 g/mol. The number of rotatable bonds is 0. The van der Waals surface area contributed by atoms with Gasteiger partial charge in [-0.15, -0.1) is 0 Å². The maximum absolute atomic E-state index is 12.8. The van der Waals surface area contributed by atoms with Crippen LogP contribution in [0.25, 0.3) is 0 Å². The molecule has 1 atom stereocenters. The minimum atomic E-state index is -4.44. The van der Waals surface area contributed by atoms with Crippen molar-refractivity contribution in [3.8, 4) is 0 Å². The van der Waals surface area contributed by atoms with E-state index < -0.39 is 11.7 Å². The Bertz CT molecular complexity index is 558. The lowest BCUT2D eigenvalue weighted by Crippen LogP contribution is -2.62. The van der Waals surface area contributed by atoms with Crippen LogP contribution < -0.4 is 10.2 Å². The van der Waals surface area contributed by atoms with Crippen molar-refractivity contribution in [1.29, 1.82) is 0 Å². The number of hydrogen-bond acceptors (Lipinski definition) is 3. The van der Waals surface area contributed by atoms with Crippen LogP contribution in [0.1, 0.15) is 15.9 Å². The van der Waals surface area contributed by atoms with Crippen molar-refractivity contribution >= 4 is 11.6 Å². The predicted octanol–water partition coefficient (Wildman–Crippen LogP) is 1.53. The zero-order valence-corrected chi connectivity index (χ0v) is 10.9. The van der Waals surface area contributed by atoms with E-state index in [4.69, 9.17) is 0 Å². The summed E-state index contributed by atoms with van der Waals surface area (Å²) in [6.45, 7) is 2.03. The highest BCUT2D eigenvalue weighted by Crippen LogP contribution is 2.36. The Labute approximate surface area is 114 Å². The largest absolute Gasteiger partial charge is 0.416 e. The number of benzene rings is 1. The smallest absolute Gasteiger partial charge is 0.348 e. The topological polar surface area (TPSA) is 35.6 Å². The van der Waals surface area contributed by atoms with Crippen LogP contribution in [-0.4, -0.2) is 43.7 Å². The summed E-state index contributed by atoms with van der Waals surface area (Å²) in [6.07, 6.45) is -4.57. The summed E-state index contributed by atoms with van der Waals surface area (Å²) in [4.78, 5) is 15.7. The highest BCUT2D eigenvalue weighted by Gasteiger charge is 2.39. The third-order valence-electron chi connectivity index (χ3n) is 3.85. The number of piperazine rings is 1. The normalized spacial score (nSPS) is 22.6. The van der Waals surface area contributed by atoms with Crippen LogP contribution >= 0.6 is 0 Å². The number of halogens is 3. The maximum atomic E-state index is 12.8. The molecule has 1 aromatic carbocycles. The van der Waals surface area contributed by atoms with E-state index >= 15 is 0 Å². The molecule has 1 N–H and O–H groups in total. The second-order valence-corrected chi connectivity index (χ2v) is 5.02. The second-order valence-electron chi connectivity index (χ2n) is 5.02. The first-order valence-corrected chi connectivity index (χ1v) is 6.35. The van der Waals surface area contributed by atoms with Crippen molar-refractivity contribution in [2.45, 2.75) is 12.3 Å². The summed E-state index contributed by atoms with van der Waals surface area (Å²) >= 11 is 0. The predicted molar refractivity (Wildman–Crippen MR) is 67.5 cm³/mol. The number of fused-ring (bicyclic) bond motifs is 3. The van der Waals surface area contributed by atoms with Crippen LogP contribution in [0, 0.1) is 0 Å². The third-order valence-corrected chi connectivity index (χ3v) is 3.85. The number of nitrogens with zero attached hydrogens (tertiary/aromatic N) is 2. The fraction of sp³-hybridized carbons (Fsp3) is 0.462. The van der Waals surface area contributed by atoms with Crippen molar-refractivity contribution < 1.29 is 18.0 Å². The number of carbonyl (C=O) groups is 1. The highest BCUT2D eigenvalue weighted by atomic mass is 19.4. The lowest BCUT2D eigenvalue weighted by atomic mass is 10.0. The third kappa shape index (κ3) is 1.93. The molecule has 0 saturated carbocycles. The van der Waals surface area contributed by atoms with E-state index in [0.29, 0.717) is 18.8 Å². The lowest BCUT2D eigenvalue weighted by molar-refractivity contribution is -0.137. The fourth-order valence-corrected chi connectivity index (χ4v) is 2.78. The summed E-state index contributed by atoms with van der Waals surface area (Å²) in [6, 6.07) is 3.39. The molecule has 0 aliphatic carbocycles. The molecule has 0 spiro atoms. The van der Waals surface area contributed by atoms with Gasteiger partial charge in [-0.25, -0.2) is 0 Å². The average Bonchev–Trinajstić information content (AvgIpc) is 2.43. The molecule has 1 aromatic rings. The van der Waals surface area contributed by atoms with Gasteiger partial charge in [0.15, 0.2) is 0 Å². The van der Waals surface area contributed by atoms with Crippen molar-refractivity contribution in [3.63, 3.8) is 0 Å². The molecule has 0 bridgehead atoms. The van der Waals surface area contributed by atoms with Gasteiger partial charge >= 0.3 is 6.18 Å². The molecule has 1 saturated heterocycles. The minimum Gasteiger partial charge on any atom is -0.348 e. The number of anilines is 1. The van der Waals surface area contributed by atoms with Crippen LogP contribution in [0.15, 0.2) is 18.2 Å². The van der Waals surface area contributed by atoms with Gasteiger partial charge in [-0.2, -0.15) is 13.2 Å². The Morgan fingerprint density at radius 3 is 2.80 bits per heavy atom. The minimum absolute atomic E-state index is 0.125. The molecule has 2 aliphatic heterocycles. The number of hydrogen-bond donors (Lipinski definition) is 1. The van der Waals surface area contributed by atoms with Gasteiger partial charge in [-0.05, 0) is 18.2 Å². The van der Waals surface area contributed by atoms with Gasteiger partial charge < -0.3 is 15.1 Å². The molecule has 2 heterocycles. The molecule has 2 aliphatic rings. The van der Waals surface area contributed by atoms with E-state index in [-0.39, 0.29) is 17.6 Å². The molecule has 4 nitrogen and oxygen atoms in total. The highest BCUT2D eigenvalue weighted by molar-refractivity contribution is 6.02. The summed E-state index contributed by atoms with van der Waals surface area (Å²) in [5, 5.41) is 3.19. The van der Waals surface area contributed by atoms with Gasteiger partial charge in [-0.1, -0.05) is 0 Å². The Kier molecular flexibility index (Phi) is 2.89. The molecule has 0 radical (unpaired) electrons. The van der Waals surface area contributed by atoms with E-state index in [1.807, 2.05) is 4.90 Å². The lowest BCUT2D eigenvalue weighted by Gasteiger charge is -2.46. The quantitative estimate of drug-likeness (QED) is 0.785. The SMILES string of the molecule is CN1C(=O)c2cc(C(F)(F)F)ccc2N2CCNCC12. The number of alkyl halides is 3. The first kappa shape index (κ1) is 13.2. The molecular formula is C13H14F3N3O. The van der Waals surface area contributed by atoms with Crippen molar-refractivity contribution in [3.05, 3.63) is 29.3 Å². The van der Waals surface area contributed by atoms with Crippen molar-refractivity contribution in [1.82, 2.24) is 10.2 Å². The Morgan fingerprint density at radius 2 is 2.10 bits per heavy atom. The van der Waals surface area contributed by atoms with Gasteiger partial charge in [0.25, 0.3) is 5.91 Å². The standard InChI is InChI=1S/C13H14F3N3O/c1-18-11-7-17-4-5-19(11)10-3-2-8(13(14,15)16)6-9(10)12(18)20/h2-3,6,11,17H,4-5,7H2,1H3. The van der Waals surface area contributed by atoms with Crippen LogP contribution in [-0.2, 0) is 6.18 Å². The number of carbonyl (C=O) groups excluding carboxylic acids is 1. The molecule has 108 valence electrons. The van der Waals surface area contributed by atoms with Gasteiger partial charge in [0.1, 0.15) is 6.17 Å². The summed E-state index contributed by atoms with van der Waals surface area (Å²) < 4.78 is 38.3. The Hall–Kier alpha value is -1.76. The van der Waals surface area contributed by atoms with Crippen molar-refractivity contribution in [2.75, 3.05) is 31.6 Å². The van der Waals surface area contributed by atoms with Crippen LogP contribution in [0.5, 0.6) is 0 Å². The molecular weight excluding hydrogens is 271 g/mol. The first-order chi connectivity index (χ1) is 9.39. The summed E-state index contributed by atoms with van der Waals surface area (Å²) in [5.74, 6) is -0.365. The zero-order chi connectivity index (χ0) is 14.5. The summed E-state index contributed by atoms with van der Waals surface area (Å²) in [5.41, 5.74) is -0.0698. The number of amides is 1. The van der Waals surface area contributed by atoms with Gasteiger partial charge in [-0.3, -0.25) is 4.79 Å². The van der Waals surface area contributed by atoms with Gasteiger partial charge in [0.05, 0.1) is 16.8 Å². The van der Waals surface area contributed by atoms with E-state index in [1.165, 1.54) is 11.0 Å². The van der Waals surface area contributed by atoms with E-state index in [0.717, 1.165) is 18.7 Å². The fourth-order valence-electron chi connectivity index (χ4n) is 2.78. The van der Waals surface area contributed by atoms with E-state index in [2.05, 4.69) is 5.32 Å². The Balaban J connectivity index is 2.09. The number of likely N-dealkylation sites (N-methyl/N-ethyl adjacent to an activating group) is 1. The van der Waals surface area contributed by atoms with Crippen molar-refractivity contribution in [2.24, 2.45) is 0 Å². The summed E-state index contributed by atoms with van der Waals surface area (Å²) in [7, 11) is 1.62. The monoisotopic (exact) mass is 285 g/mol. The molecule has 1 unspecified atom stereocenters. The zero-order valence-electron chi connectivity index (χ0n) is 10.9. The maximum Gasteiger partial charge on any atom is 0.416 e. The first-order valence-electron chi connectivity index (χ1n) is 6.35. The number of nitrogens with one attached hydrogen (secondary N) is 1. The molecule has 0 aromatic heterocycles. The van der Waals surface area contributed by atoms with Gasteiger partial charge in [0.2, 0.25) is 0 Å². The Morgan fingerprint density at radius 1 is 1.35 bits per heavy atom. The second kappa shape index (κ2) is 4.37. The van der Waals surface area contributed by atoms with Crippen LogP contribution in [0.4, 0.5) is 18.9 Å². The van der Waals surface area contributed by atoms with Crippen LogP contribution in [0.3, 0.4) is 0 Å². The molecule has 1 amide bonds. The molecule has 1 fully saturated rings. The molecule has 7 heteroatoms. The van der Waals surface area contributed by atoms with Crippen LogP contribution in [0.2, 0.25) is 0 Å². The molecule has 20 heavy (non-hydrogen) atoms.